The third-order valence-electron chi connectivity index (χ3n) is 2.82. The van der Waals surface area contributed by atoms with E-state index in [2.05, 4.69) is 15.5 Å². The summed E-state index contributed by atoms with van der Waals surface area (Å²) in [5.41, 5.74) is 2.78. The Kier molecular flexibility index (Phi) is 5.85. The van der Waals surface area contributed by atoms with Gasteiger partial charge in [-0.05, 0) is 6.92 Å². The first-order chi connectivity index (χ1) is 9.88. The van der Waals surface area contributed by atoms with E-state index >= 15 is 0 Å². The minimum Gasteiger partial charge on any atom is -0.468 e. The van der Waals surface area contributed by atoms with Gasteiger partial charge in [-0.3, -0.25) is 23.9 Å². The number of hydrogen-bond donors (Lipinski definition) is 2. The highest BCUT2D eigenvalue weighted by atomic mass is 16.5. The summed E-state index contributed by atoms with van der Waals surface area (Å²) in [5, 5.41) is 0. The van der Waals surface area contributed by atoms with E-state index in [4.69, 9.17) is 0 Å². The molecule has 0 aliphatic heterocycles. The summed E-state index contributed by atoms with van der Waals surface area (Å²) in [6.45, 7) is 1.74. The Morgan fingerprint density at radius 2 is 2.10 bits per heavy atom. The number of aryl methyl sites for hydroxylation is 1. The zero-order chi connectivity index (χ0) is 16.0. The molecule has 0 radical (unpaired) electrons. The molecule has 1 heterocycles. The van der Waals surface area contributed by atoms with Crippen molar-refractivity contribution in [2.75, 3.05) is 26.7 Å². The number of esters is 1. The molecule has 1 aromatic heterocycles. The molecule has 9 heteroatoms. The predicted molar refractivity (Wildman–Crippen MR) is 72.4 cm³/mol. The van der Waals surface area contributed by atoms with Gasteiger partial charge in [-0.2, -0.15) is 0 Å². The molecule has 4 N–H and O–H groups in total. The van der Waals surface area contributed by atoms with Gasteiger partial charge in [0, 0.05) is 11.8 Å². The highest BCUT2D eigenvalue weighted by Crippen LogP contribution is 1.94. The Bertz CT molecular complexity index is 633. The van der Waals surface area contributed by atoms with Crippen molar-refractivity contribution in [3.63, 3.8) is 0 Å². The number of hydrogen-bond acceptors (Lipinski definition) is 5. The minimum atomic E-state index is -0.674. The first kappa shape index (κ1) is 16.6. The number of quaternary nitrogens is 1. The molecule has 0 bridgehead atoms. The van der Waals surface area contributed by atoms with Crippen LogP contribution in [0, 0.1) is 6.92 Å². The second-order valence-corrected chi connectivity index (χ2v) is 4.44. The van der Waals surface area contributed by atoms with Crippen molar-refractivity contribution in [2.45, 2.75) is 13.5 Å². The number of nitrogens with zero attached hydrogens (tertiary/aromatic N) is 2. The molecular formula is C12H19N4O5+. The second-order valence-electron chi connectivity index (χ2n) is 4.44. The maximum absolute atomic E-state index is 12.1. The fraction of sp³-hybridized carbons (Fsp3) is 0.500. The van der Waals surface area contributed by atoms with Gasteiger partial charge in [-0.15, -0.1) is 0 Å². The lowest BCUT2D eigenvalue weighted by molar-refractivity contribution is -0.368. The van der Waals surface area contributed by atoms with Crippen LogP contribution in [-0.2, 0) is 20.9 Å². The smallest absolute Gasteiger partial charge is 0.328 e. The van der Waals surface area contributed by atoms with Gasteiger partial charge in [-0.1, -0.05) is 0 Å². The molecule has 0 aromatic carbocycles. The SMILES string of the molecule is COC(=O)CN(CC[NH3+])C(=O)Cn1cc(C)c(=O)[nH]c1=O. The van der Waals surface area contributed by atoms with Crippen LogP contribution in [0.1, 0.15) is 5.56 Å². The van der Waals surface area contributed by atoms with Gasteiger partial charge in [0.15, 0.2) is 0 Å². The van der Waals surface area contributed by atoms with Gasteiger partial charge in [0.1, 0.15) is 13.1 Å². The van der Waals surface area contributed by atoms with Crippen molar-refractivity contribution in [1.82, 2.24) is 14.5 Å². The fourth-order valence-electron chi connectivity index (χ4n) is 1.68. The Morgan fingerprint density at radius 1 is 1.43 bits per heavy atom. The van der Waals surface area contributed by atoms with Crippen molar-refractivity contribution in [3.8, 4) is 0 Å². The molecule has 0 aliphatic carbocycles. The van der Waals surface area contributed by atoms with E-state index in [1.54, 1.807) is 0 Å². The standard InChI is InChI=1S/C12H18N4O5/c1-8-5-16(12(20)14-11(8)19)6-9(17)15(4-3-13)7-10(18)21-2/h5H,3-4,6-7,13H2,1-2H3,(H,14,19,20)/p+1. The lowest BCUT2D eigenvalue weighted by Gasteiger charge is -2.20. The van der Waals surface area contributed by atoms with E-state index in [0.717, 1.165) is 4.57 Å². The van der Waals surface area contributed by atoms with E-state index < -0.39 is 23.1 Å². The molecule has 0 saturated heterocycles. The number of carbonyl (C=O) groups excluding carboxylic acids is 2. The Morgan fingerprint density at radius 3 is 2.67 bits per heavy atom. The maximum atomic E-state index is 12.1. The number of nitrogens with one attached hydrogen (secondary N) is 1. The Labute approximate surface area is 120 Å². The van der Waals surface area contributed by atoms with E-state index in [9.17, 15) is 19.2 Å². The van der Waals surface area contributed by atoms with E-state index in [0.29, 0.717) is 12.1 Å². The van der Waals surface area contributed by atoms with Crippen LogP contribution in [0.4, 0.5) is 0 Å². The third-order valence-corrected chi connectivity index (χ3v) is 2.82. The van der Waals surface area contributed by atoms with Crippen LogP contribution in [0.5, 0.6) is 0 Å². The number of aromatic amines is 1. The molecule has 0 unspecified atom stereocenters. The largest absolute Gasteiger partial charge is 0.468 e. The molecule has 21 heavy (non-hydrogen) atoms. The van der Waals surface area contributed by atoms with E-state index in [-0.39, 0.29) is 19.6 Å². The van der Waals surface area contributed by atoms with Crippen molar-refractivity contribution in [2.24, 2.45) is 0 Å². The van der Waals surface area contributed by atoms with Crippen LogP contribution in [0.15, 0.2) is 15.8 Å². The highest BCUT2D eigenvalue weighted by Gasteiger charge is 2.18. The number of rotatable bonds is 6. The van der Waals surface area contributed by atoms with E-state index in [1.807, 2.05) is 0 Å². The predicted octanol–water partition coefficient (Wildman–Crippen LogP) is -2.91. The van der Waals surface area contributed by atoms with Gasteiger partial charge < -0.3 is 15.4 Å². The molecule has 116 valence electrons. The van der Waals surface area contributed by atoms with Crippen molar-refractivity contribution >= 4 is 11.9 Å². The van der Waals surface area contributed by atoms with Gasteiger partial charge in [0.05, 0.1) is 20.2 Å². The molecule has 0 aliphatic rings. The molecule has 0 atom stereocenters. The number of ether oxygens (including phenoxy) is 1. The van der Waals surface area contributed by atoms with Crippen LogP contribution >= 0.6 is 0 Å². The maximum Gasteiger partial charge on any atom is 0.328 e. The highest BCUT2D eigenvalue weighted by molar-refractivity contribution is 5.81. The zero-order valence-electron chi connectivity index (χ0n) is 12.0. The summed E-state index contributed by atoms with van der Waals surface area (Å²) in [7, 11) is 1.23. The monoisotopic (exact) mass is 299 g/mol. The van der Waals surface area contributed by atoms with Crippen LogP contribution in [-0.4, -0.2) is 53.1 Å². The Balaban J connectivity index is 2.91. The summed E-state index contributed by atoms with van der Waals surface area (Å²) in [5.74, 6) is -0.987. The van der Waals surface area contributed by atoms with E-state index in [1.165, 1.54) is 25.1 Å². The van der Waals surface area contributed by atoms with Crippen LogP contribution in [0.25, 0.3) is 0 Å². The minimum absolute atomic E-state index is 0.206. The lowest BCUT2D eigenvalue weighted by Crippen LogP contribution is -2.56. The first-order valence-electron chi connectivity index (χ1n) is 6.33. The first-order valence-corrected chi connectivity index (χ1v) is 6.33. The van der Waals surface area contributed by atoms with Crippen LogP contribution in [0.3, 0.4) is 0 Å². The summed E-state index contributed by atoms with van der Waals surface area (Å²) >= 11 is 0. The van der Waals surface area contributed by atoms with Crippen LogP contribution in [0.2, 0.25) is 0 Å². The molecule has 1 amide bonds. The molecule has 9 nitrogen and oxygen atoms in total. The number of methoxy groups -OCH3 is 1. The van der Waals surface area contributed by atoms with Crippen molar-refractivity contribution < 1.29 is 20.1 Å². The zero-order valence-corrected chi connectivity index (χ0v) is 12.0. The number of H-pyrrole nitrogens is 1. The lowest BCUT2D eigenvalue weighted by atomic mass is 10.3. The summed E-state index contributed by atoms with van der Waals surface area (Å²) in [4.78, 5) is 49.7. The van der Waals surface area contributed by atoms with Gasteiger partial charge >= 0.3 is 11.7 Å². The average Bonchev–Trinajstić information content (AvgIpc) is 2.43. The molecule has 0 saturated carbocycles. The summed E-state index contributed by atoms with van der Waals surface area (Å²) in [6.07, 6.45) is 1.31. The number of aromatic nitrogens is 2. The second kappa shape index (κ2) is 7.39. The number of amides is 1. The van der Waals surface area contributed by atoms with Crippen molar-refractivity contribution in [1.29, 1.82) is 0 Å². The van der Waals surface area contributed by atoms with Gasteiger partial charge in [0.25, 0.3) is 5.56 Å². The fourth-order valence-corrected chi connectivity index (χ4v) is 1.68. The number of carbonyl (C=O) groups is 2. The molecule has 0 fully saturated rings. The molecular weight excluding hydrogens is 280 g/mol. The van der Waals surface area contributed by atoms with Crippen LogP contribution < -0.4 is 17.0 Å². The molecule has 1 aromatic rings. The average molecular weight is 299 g/mol. The van der Waals surface area contributed by atoms with Crippen molar-refractivity contribution in [3.05, 3.63) is 32.6 Å². The van der Waals surface area contributed by atoms with Gasteiger partial charge in [0.2, 0.25) is 5.91 Å². The topological polar surface area (TPSA) is 129 Å². The summed E-state index contributed by atoms with van der Waals surface area (Å²) in [6, 6.07) is 0. The van der Waals surface area contributed by atoms with Gasteiger partial charge in [-0.25, -0.2) is 4.79 Å². The normalized spacial score (nSPS) is 10.2. The third kappa shape index (κ3) is 4.56. The summed E-state index contributed by atoms with van der Waals surface area (Å²) < 4.78 is 5.61. The Hall–Kier alpha value is -2.42. The quantitative estimate of drug-likeness (QED) is 0.544. The molecule has 0 spiro atoms. The molecule has 1 rings (SSSR count).